The average Bonchev–Trinajstić information content (AvgIpc) is 2.95. The highest BCUT2D eigenvalue weighted by atomic mass is 35.5. The predicted octanol–water partition coefficient (Wildman–Crippen LogP) is 3.72. The fraction of sp³-hybridized carbons (Fsp3) is 0.611. The Kier molecular flexibility index (Phi) is 6.36. The van der Waals surface area contributed by atoms with Crippen molar-refractivity contribution in [2.75, 3.05) is 18.1 Å². The Morgan fingerprint density at radius 1 is 1.12 bits per heavy atom. The smallest absolute Gasteiger partial charge is 0.261 e. The minimum Gasteiger partial charge on any atom is -0.482 e. The monoisotopic (exact) mass is 419 g/mol. The molecule has 0 spiro atoms. The molecule has 1 heterocycles. The summed E-state index contributed by atoms with van der Waals surface area (Å²) in [5, 5.41) is 0.839. The lowest BCUT2D eigenvalue weighted by molar-refractivity contribution is -0.138. The number of hydrogen-bond donors (Lipinski definition) is 0. The van der Waals surface area contributed by atoms with Gasteiger partial charge in [-0.05, 0) is 37.5 Å². The summed E-state index contributed by atoms with van der Waals surface area (Å²) in [6, 6.07) is 4.68. The Bertz CT molecular complexity index is 762. The first-order valence-corrected chi connectivity index (χ1v) is 11.5. The minimum atomic E-state index is -3.06. The summed E-state index contributed by atoms with van der Waals surface area (Å²) in [5.74, 6) is 0.423. The summed E-state index contributed by atoms with van der Waals surface area (Å²) in [4.78, 5) is 14.7. The number of ether oxygens (including phenoxy) is 1. The van der Waals surface area contributed by atoms with E-state index < -0.39 is 9.84 Å². The lowest BCUT2D eigenvalue weighted by Gasteiger charge is -2.38. The molecule has 0 bridgehead atoms. The van der Waals surface area contributed by atoms with Crippen LogP contribution < -0.4 is 4.74 Å². The number of carbonyl (C=O) groups is 1. The summed E-state index contributed by atoms with van der Waals surface area (Å²) in [7, 11) is -3.06. The fourth-order valence-electron chi connectivity index (χ4n) is 3.87. The molecule has 0 aromatic heterocycles. The standard InChI is InChI=1S/C18H23Cl2NO4S/c19-13-6-7-17(16(20)10-13)25-11-18(22)21(14-4-2-1-3-5-14)15-8-9-26(23,24)12-15/h6-7,10,14-15H,1-5,8-9,11-12H2/t15-/m1/s1. The number of amides is 1. The van der Waals surface area contributed by atoms with E-state index in [2.05, 4.69) is 0 Å². The zero-order chi connectivity index (χ0) is 18.7. The maximum absolute atomic E-state index is 12.9. The van der Waals surface area contributed by atoms with Gasteiger partial charge in [0.2, 0.25) is 0 Å². The number of rotatable bonds is 5. The second-order valence-corrected chi connectivity index (χ2v) is 10.1. The van der Waals surface area contributed by atoms with Crippen LogP contribution in [-0.4, -0.2) is 49.4 Å². The molecule has 0 N–H and O–H groups in total. The zero-order valence-corrected chi connectivity index (χ0v) is 16.8. The van der Waals surface area contributed by atoms with Crippen LogP contribution in [0.15, 0.2) is 18.2 Å². The summed E-state index contributed by atoms with van der Waals surface area (Å²) >= 11 is 12.0. The molecule has 2 aliphatic rings. The van der Waals surface area contributed by atoms with Crippen molar-refractivity contribution in [2.24, 2.45) is 0 Å². The maximum atomic E-state index is 12.9. The molecule has 2 fully saturated rings. The number of hydrogen-bond acceptors (Lipinski definition) is 4. The molecule has 1 saturated heterocycles. The van der Waals surface area contributed by atoms with E-state index in [-0.39, 0.29) is 36.1 Å². The number of sulfone groups is 1. The van der Waals surface area contributed by atoms with E-state index in [1.165, 1.54) is 6.42 Å². The van der Waals surface area contributed by atoms with Crippen LogP contribution >= 0.6 is 23.2 Å². The Balaban J connectivity index is 1.71. The molecule has 5 nitrogen and oxygen atoms in total. The highest BCUT2D eigenvalue weighted by Gasteiger charge is 2.38. The summed E-state index contributed by atoms with van der Waals surface area (Å²) in [6.07, 6.45) is 5.65. The quantitative estimate of drug-likeness (QED) is 0.729. The van der Waals surface area contributed by atoms with Gasteiger partial charge in [-0.1, -0.05) is 42.5 Å². The van der Waals surface area contributed by atoms with Crippen molar-refractivity contribution in [3.63, 3.8) is 0 Å². The molecule has 144 valence electrons. The van der Waals surface area contributed by atoms with Crippen molar-refractivity contribution < 1.29 is 17.9 Å². The molecule has 1 amide bonds. The Morgan fingerprint density at radius 3 is 2.46 bits per heavy atom. The van der Waals surface area contributed by atoms with Crippen LogP contribution in [0.5, 0.6) is 5.75 Å². The van der Waals surface area contributed by atoms with Crippen molar-refractivity contribution in [1.82, 2.24) is 4.90 Å². The van der Waals surface area contributed by atoms with Crippen LogP contribution in [0, 0.1) is 0 Å². The third-order valence-corrected chi connectivity index (χ3v) is 7.38. The van der Waals surface area contributed by atoms with Crippen LogP contribution in [-0.2, 0) is 14.6 Å². The largest absolute Gasteiger partial charge is 0.482 e. The molecular weight excluding hydrogens is 397 g/mol. The molecule has 3 rings (SSSR count). The molecule has 1 aliphatic heterocycles. The molecule has 26 heavy (non-hydrogen) atoms. The first-order valence-electron chi connectivity index (χ1n) is 8.95. The zero-order valence-electron chi connectivity index (χ0n) is 14.5. The van der Waals surface area contributed by atoms with Crippen LogP contribution in [0.1, 0.15) is 38.5 Å². The van der Waals surface area contributed by atoms with Gasteiger partial charge in [0, 0.05) is 17.1 Å². The van der Waals surface area contributed by atoms with Crippen molar-refractivity contribution in [1.29, 1.82) is 0 Å². The summed E-state index contributed by atoms with van der Waals surface area (Å²) in [5.41, 5.74) is 0. The van der Waals surface area contributed by atoms with Gasteiger partial charge in [-0.2, -0.15) is 0 Å². The third-order valence-electron chi connectivity index (χ3n) is 5.10. The van der Waals surface area contributed by atoms with Gasteiger partial charge in [0.15, 0.2) is 16.4 Å². The third kappa shape index (κ3) is 4.84. The first kappa shape index (κ1) is 19.8. The normalized spacial score (nSPS) is 22.9. The molecule has 1 atom stereocenters. The SMILES string of the molecule is O=C(COc1ccc(Cl)cc1Cl)N(C1CCCCC1)[C@@H]1CCS(=O)(=O)C1. The van der Waals surface area contributed by atoms with E-state index in [0.29, 0.717) is 22.2 Å². The molecule has 1 saturated carbocycles. The number of benzene rings is 1. The second-order valence-electron chi connectivity index (χ2n) is 7.01. The highest BCUT2D eigenvalue weighted by molar-refractivity contribution is 7.91. The predicted molar refractivity (Wildman–Crippen MR) is 103 cm³/mol. The molecule has 0 unspecified atom stereocenters. The van der Waals surface area contributed by atoms with E-state index in [0.717, 1.165) is 25.7 Å². The van der Waals surface area contributed by atoms with E-state index >= 15 is 0 Å². The topological polar surface area (TPSA) is 63.7 Å². The molecule has 8 heteroatoms. The molecule has 1 aromatic rings. The van der Waals surface area contributed by atoms with Crippen molar-refractivity contribution >= 4 is 38.9 Å². The molecular formula is C18H23Cl2NO4S. The van der Waals surface area contributed by atoms with Gasteiger partial charge in [-0.3, -0.25) is 4.79 Å². The van der Waals surface area contributed by atoms with E-state index in [1.807, 2.05) is 0 Å². The fourth-order valence-corrected chi connectivity index (χ4v) is 6.04. The Morgan fingerprint density at radius 2 is 1.85 bits per heavy atom. The Hall–Kier alpha value is -0.980. The second kappa shape index (κ2) is 8.36. The van der Waals surface area contributed by atoms with Crippen LogP contribution in [0.3, 0.4) is 0 Å². The van der Waals surface area contributed by atoms with Gasteiger partial charge >= 0.3 is 0 Å². The average molecular weight is 420 g/mol. The number of carbonyl (C=O) groups excluding carboxylic acids is 1. The number of halogens is 2. The molecule has 0 radical (unpaired) electrons. The van der Waals surface area contributed by atoms with E-state index in [9.17, 15) is 13.2 Å². The van der Waals surface area contributed by atoms with Gasteiger partial charge in [0.1, 0.15) is 5.75 Å². The van der Waals surface area contributed by atoms with Crippen molar-refractivity contribution in [3.05, 3.63) is 28.2 Å². The number of nitrogens with zero attached hydrogens (tertiary/aromatic N) is 1. The van der Waals surface area contributed by atoms with Gasteiger partial charge in [0.25, 0.3) is 5.91 Å². The van der Waals surface area contributed by atoms with Crippen LogP contribution in [0.4, 0.5) is 0 Å². The van der Waals surface area contributed by atoms with Crippen molar-refractivity contribution in [2.45, 2.75) is 50.6 Å². The van der Waals surface area contributed by atoms with Gasteiger partial charge in [-0.15, -0.1) is 0 Å². The first-order chi connectivity index (χ1) is 12.4. The van der Waals surface area contributed by atoms with Gasteiger partial charge in [-0.25, -0.2) is 8.42 Å². The minimum absolute atomic E-state index is 0.0525. The van der Waals surface area contributed by atoms with Gasteiger partial charge in [0.05, 0.1) is 16.5 Å². The summed E-state index contributed by atoms with van der Waals surface area (Å²) < 4.78 is 29.4. The summed E-state index contributed by atoms with van der Waals surface area (Å²) in [6.45, 7) is -0.158. The van der Waals surface area contributed by atoms with E-state index in [4.69, 9.17) is 27.9 Å². The van der Waals surface area contributed by atoms with Crippen LogP contribution in [0.2, 0.25) is 10.0 Å². The molecule has 1 aliphatic carbocycles. The lowest BCUT2D eigenvalue weighted by atomic mass is 9.93. The Labute approximate surface area is 164 Å². The van der Waals surface area contributed by atoms with Gasteiger partial charge < -0.3 is 9.64 Å². The van der Waals surface area contributed by atoms with E-state index in [1.54, 1.807) is 23.1 Å². The van der Waals surface area contributed by atoms with Crippen LogP contribution in [0.25, 0.3) is 0 Å². The van der Waals surface area contributed by atoms with Crippen molar-refractivity contribution in [3.8, 4) is 5.75 Å². The lowest BCUT2D eigenvalue weighted by Crippen LogP contribution is -2.50. The molecule has 1 aromatic carbocycles. The highest BCUT2D eigenvalue weighted by Crippen LogP contribution is 2.30. The maximum Gasteiger partial charge on any atom is 0.261 e.